The highest BCUT2D eigenvalue weighted by Crippen LogP contribution is 2.17. The van der Waals surface area contributed by atoms with E-state index in [2.05, 4.69) is 20.3 Å². The molecule has 0 aliphatic rings. The molecular formula is C13H14N6O2. The van der Waals surface area contributed by atoms with Gasteiger partial charge in [-0.2, -0.15) is 0 Å². The molecule has 0 aliphatic carbocycles. The number of rotatable bonds is 6. The lowest BCUT2D eigenvalue weighted by Gasteiger charge is -2.06. The number of carbonyl (C=O) groups excluding carboxylic acids is 1. The molecule has 8 nitrogen and oxygen atoms in total. The standard InChI is InChI=1S/C13H14N6O2/c1-2-21-13(20)12(16-17-14)11-9-19(18-15-11)8-10-6-4-3-5-7-10/h3-7,9,12H,2,8H2,1H3. The SMILES string of the molecule is CCOC(=O)C(N=[N+]=[N-])c1cn(Cc2ccccc2)nn1. The minimum Gasteiger partial charge on any atom is -0.465 e. The average molecular weight is 286 g/mol. The summed E-state index contributed by atoms with van der Waals surface area (Å²) < 4.78 is 6.43. The van der Waals surface area contributed by atoms with Gasteiger partial charge in [-0.25, -0.2) is 4.68 Å². The Hall–Kier alpha value is -2.86. The Kier molecular flexibility index (Phi) is 4.89. The number of carbonyl (C=O) groups is 1. The van der Waals surface area contributed by atoms with Gasteiger partial charge in [0.2, 0.25) is 0 Å². The molecule has 1 unspecified atom stereocenters. The molecule has 2 rings (SSSR count). The van der Waals surface area contributed by atoms with Gasteiger partial charge in [-0.05, 0) is 18.0 Å². The van der Waals surface area contributed by atoms with Gasteiger partial charge in [0.1, 0.15) is 5.69 Å². The van der Waals surface area contributed by atoms with Crippen LogP contribution in [-0.4, -0.2) is 27.6 Å². The molecule has 0 N–H and O–H groups in total. The maximum Gasteiger partial charge on any atom is 0.321 e. The third kappa shape index (κ3) is 3.80. The molecule has 0 radical (unpaired) electrons. The summed E-state index contributed by atoms with van der Waals surface area (Å²) >= 11 is 0. The third-order valence-electron chi connectivity index (χ3n) is 2.70. The van der Waals surface area contributed by atoms with E-state index in [4.69, 9.17) is 10.3 Å². The third-order valence-corrected chi connectivity index (χ3v) is 2.70. The van der Waals surface area contributed by atoms with E-state index in [1.807, 2.05) is 30.3 Å². The van der Waals surface area contributed by atoms with Crippen molar-refractivity contribution in [3.8, 4) is 0 Å². The highest BCUT2D eigenvalue weighted by Gasteiger charge is 2.23. The van der Waals surface area contributed by atoms with Crippen LogP contribution in [0.2, 0.25) is 0 Å². The topological polar surface area (TPSA) is 106 Å². The summed E-state index contributed by atoms with van der Waals surface area (Å²) in [5.74, 6) is -0.637. The van der Waals surface area contributed by atoms with Crippen LogP contribution in [0.25, 0.3) is 10.4 Å². The molecular weight excluding hydrogens is 272 g/mol. The summed E-state index contributed by atoms with van der Waals surface area (Å²) in [4.78, 5) is 14.4. The lowest BCUT2D eigenvalue weighted by atomic mass is 10.2. The number of nitrogens with zero attached hydrogens (tertiary/aromatic N) is 6. The summed E-state index contributed by atoms with van der Waals surface area (Å²) in [5, 5.41) is 11.2. The molecule has 0 bridgehead atoms. The van der Waals surface area contributed by atoms with Crippen LogP contribution < -0.4 is 0 Å². The van der Waals surface area contributed by atoms with E-state index in [9.17, 15) is 4.79 Å². The molecule has 1 aromatic carbocycles. The van der Waals surface area contributed by atoms with Crippen LogP contribution in [0.15, 0.2) is 41.6 Å². The first kappa shape index (κ1) is 14.5. The fraction of sp³-hybridized carbons (Fsp3) is 0.308. The van der Waals surface area contributed by atoms with Crippen LogP contribution in [0, 0.1) is 0 Å². The minimum atomic E-state index is -1.11. The van der Waals surface area contributed by atoms with Gasteiger partial charge in [0.15, 0.2) is 6.04 Å². The van der Waals surface area contributed by atoms with Gasteiger partial charge in [0, 0.05) is 11.1 Å². The Morgan fingerprint density at radius 3 is 2.90 bits per heavy atom. The second-order valence-electron chi connectivity index (χ2n) is 4.19. The first-order chi connectivity index (χ1) is 10.2. The average Bonchev–Trinajstić information content (AvgIpc) is 2.94. The first-order valence-corrected chi connectivity index (χ1v) is 6.39. The molecule has 21 heavy (non-hydrogen) atoms. The molecule has 0 aliphatic heterocycles. The Morgan fingerprint density at radius 2 is 2.24 bits per heavy atom. The normalized spacial score (nSPS) is 11.5. The van der Waals surface area contributed by atoms with Crippen molar-refractivity contribution in [1.82, 2.24) is 15.0 Å². The summed E-state index contributed by atoms with van der Waals surface area (Å²) in [6.45, 7) is 2.39. The van der Waals surface area contributed by atoms with Crippen molar-refractivity contribution in [3.05, 3.63) is 58.2 Å². The summed E-state index contributed by atoms with van der Waals surface area (Å²) in [6.07, 6.45) is 1.57. The molecule has 8 heteroatoms. The van der Waals surface area contributed by atoms with E-state index in [0.717, 1.165) is 5.56 Å². The molecule has 1 atom stereocenters. The summed E-state index contributed by atoms with van der Waals surface area (Å²) in [5.41, 5.74) is 9.87. The number of aromatic nitrogens is 3. The zero-order valence-electron chi connectivity index (χ0n) is 11.5. The molecule has 0 fully saturated rings. The van der Waals surface area contributed by atoms with Crippen LogP contribution in [0.3, 0.4) is 0 Å². The van der Waals surface area contributed by atoms with Gasteiger partial charge in [-0.15, -0.1) is 5.10 Å². The van der Waals surface area contributed by atoms with Crippen molar-refractivity contribution in [2.45, 2.75) is 19.5 Å². The lowest BCUT2D eigenvalue weighted by molar-refractivity contribution is -0.144. The first-order valence-electron chi connectivity index (χ1n) is 6.39. The Labute approximate surface area is 121 Å². The van der Waals surface area contributed by atoms with Crippen LogP contribution in [0.4, 0.5) is 0 Å². The molecule has 0 saturated heterocycles. The fourth-order valence-corrected chi connectivity index (χ4v) is 1.79. The van der Waals surface area contributed by atoms with Gasteiger partial charge < -0.3 is 4.74 Å². The molecule has 0 spiro atoms. The van der Waals surface area contributed by atoms with Gasteiger partial charge in [-0.1, -0.05) is 40.7 Å². The smallest absolute Gasteiger partial charge is 0.321 e. The van der Waals surface area contributed by atoms with Crippen molar-refractivity contribution < 1.29 is 9.53 Å². The van der Waals surface area contributed by atoms with Crippen LogP contribution >= 0.6 is 0 Å². The van der Waals surface area contributed by atoms with E-state index in [0.29, 0.717) is 6.54 Å². The Balaban J connectivity index is 2.16. The number of hydrogen-bond acceptors (Lipinski definition) is 5. The number of hydrogen-bond donors (Lipinski definition) is 0. The van der Waals surface area contributed by atoms with E-state index >= 15 is 0 Å². The van der Waals surface area contributed by atoms with Gasteiger partial charge in [0.25, 0.3) is 0 Å². The molecule has 108 valence electrons. The van der Waals surface area contributed by atoms with E-state index in [1.165, 1.54) is 0 Å². The summed E-state index contributed by atoms with van der Waals surface area (Å²) in [7, 11) is 0. The van der Waals surface area contributed by atoms with E-state index in [-0.39, 0.29) is 12.3 Å². The van der Waals surface area contributed by atoms with Crippen molar-refractivity contribution in [3.63, 3.8) is 0 Å². The van der Waals surface area contributed by atoms with Crippen molar-refractivity contribution in [2.75, 3.05) is 6.61 Å². The van der Waals surface area contributed by atoms with Gasteiger partial charge in [0.05, 0.1) is 13.2 Å². The summed E-state index contributed by atoms with van der Waals surface area (Å²) in [6, 6.07) is 8.58. The second-order valence-corrected chi connectivity index (χ2v) is 4.19. The molecule has 0 amide bonds. The number of ether oxygens (including phenoxy) is 1. The minimum absolute atomic E-state index is 0.203. The highest BCUT2D eigenvalue weighted by atomic mass is 16.5. The molecule has 1 aromatic heterocycles. The van der Waals surface area contributed by atoms with Crippen molar-refractivity contribution in [2.24, 2.45) is 5.11 Å². The molecule has 0 saturated carbocycles. The maximum atomic E-state index is 11.7. The van der Waals surface area contributed by atoms with Crippen LogP contribution in [0.5, 0.6) is 0 Å². The second kappa shape index (κ2) is 7.06. The Morgan fingerprint density at radius 1 is 1.48 bits per heavy atom. The quantitative estimate of drug-likeness (QED) is 0.351. The lowest BCUT2D eigenvalue weighted by Crippen LogP contribution is -2.14. The van der Waals surface area contributed by atoms with Crippen molar-refractivity contribution >= 4 is 5.97 Å². The zero-order valence-corrected chi connectivity index (χ0v) is 11.5. The van der Waals surface area contributed by atoms with Crippen LogP contribution in [-0.2, 0) is 16.1 Å². The number of benzene rings is 1. The fourth-order valence-electron chi connectivity index (χ4n) is 1.79. The van der Waals surface area contributed by atoms with Gasteiger partial charge >= 0.3 is 5.97 Å². The van der Waals surface area contributed by atoms with E-state index in [1.54, 1.807) is 17.8 Å². The number of azide groups is 1. The molecule has 2 aromatic rings. The number of esters is 1. The molecule has 1 heterocycles. The van der Waals surface area contributed by atoms with Gasteiger partial charge in [-0.3, -0.25) is 4.79 Å². The monoisotopic (exact) mass is 286 g/mol. The highest BCUT2D eigenvalue weighted by molar-refractivity contribution is 5.77. The Bertz CT molecular complexity index is 648. The van der Waals surface area contributed by atoms with E-state index < -0.39 is 12.0 Å². The maximum absolute atomic E-state index is 11.7. The predicted molar refractivity (Wildman–Crippen MR) is 74.1 cm³/mol. The predicted octanol–water partition coefficient (Wildman–Crippen LogP) is 2.24. The zero-order chi connectivity index (χ0) is 15.1. The largest absolute Gasteiger partial charge is 0.465 e. The van der Waals surface area contributed by atoms with Crippen molar-refractivity contribution in [1.29, 1.82) is 0 Å². The van der Waals surface area contributed by atoms with Crippen LogP contribution in [0.1, 0.15) is 24.2 Å².